The van der Waals surface area contributed by atoms with Gasteiger partial charge in [0.2, 0.25) is 0 Å². The minimum absolute atomic E-state index is 0.194. The van der Waals surface area contributed by atoms with Crippen LogP contribution in [0.15, 0.2) is 52.9 Å². The smallest absolute Gasteiger partial charge is 0.196 e. The van der Waals surface area contributed by atoms with Crippen LogP contribution in [0, 0.1) is 18.3 Å². The minimum atomic E-state index is 0.194. The third-order valence-corrected chi connectivity index (χ3v) is 4.60. The summed E-state index contributed by atoms with van der Waals surface area (Å²) in [6, 6.07) is 15.1. The fourth-order valence-electron chi connectivity index (χ4n) is 2.10. The van der Waals surface area contributed by atoms with Crippen molar-refractivity contribution in [2.75, 3.05) is 5.43 Å². The molecule has 7 heteroatoms. The molecule has 0 aliphatic heterocycles. The van der Waals surface area contributed by atoms with Crippen molar-refractivity contribution in [2.24, 2.45) is 5.10 Å². The highest BCUT2D eigenvalue weighted by Gasteiger charge is 2.10. The van der Waals surface area contributed by atoms with Crippen molar-refractivity contribution < 1.29 is 0 Å². The highest BCUT2D eigenvalue weighted by molar-refractivity contribution is 7.12. The van der Waals surface area contributed by atoms with Gasteiger partial charge in [-0.2, -0.15) is 10.4 Å². The second-order valence-electron chi connectivity index (χ2n) is 5.25. The average molecular weight is 387 g/mol. The van der Waals surface area contributed by atoms with E-state index in [1.165, 1.54) is 16.9 Å². The van der Waals surface area contributed by atoms with E-state index in [1.54, 1.807) is 18.2 Å². The second kappa shape index (κ2) is 7.66. The molecule has 1 N–H and O–H groups in total. The molecule has 25 heavy (non-hydrogen) atoms. The number of hydrazone groups is 1. The largest absolute Gasteiger partial charge is 0.277 e. The maximum atomic E-state index is 9.38. The third-order valence-electron chi connectivity index (χ3n) is 3.32. The molecule has 3 aromatic rings. The molecular weight excluding hydrogens is 375 g/mol. The lowest BCUT2D eigenvalue weighted by Crippen LogP contribution is -2.01. The summed E-state index contributed by atoms with van der Waals surface area (Å²) in [6.45, 7) is 2.03. The number of benzene rings is 2. The van der Waals surface area contributed by atoms with E-state index in [2.05, 4.69) is 21.6 Å². The molecule has 2 aromatic carbocycles. The zero-order valence-corrected chi connectivity index (χ0v) is 15.5. The molecule has 1 aromatic heterocycles. The van der Waals surface area contributed by atoms with Gasteiger partial charge >= 0.3 is 0 Å². The molecule has 0 saturated heterocycles. The van der Waals surface area contributed by atoms with Gasteiger partial charge in [-0.05, 0) is 25.1 Å². The summed E-state index contributed by atoms with van der Waals surface area (Å²) in [6.07, 6.45) is 0. The SMILES string of the molecule is Cc1ccc(-c2csc(C(C#N)=NNc3cc(Cl)cc(Cl)c3)n2)cc1. The van der Waals surface area contributed by atoms with Crippen molar-refractivity contribution in [1.82, 2.24) is 4.98 Å². The Morgan fingerprint density at radius 1 is 1.16 bits per heavy atom. The molecule has 3 rings (SSSR count). The lowest BCUT2D eigenvalue weighted by Gasteiger charge is -2.02. The van der Waals surface area contributed by atoms with Crippen molar-refractivity contribution >= 4 is 45.9 Å². The molecule has 0 bridgehead atoms. The molecule has 1 heterocycles. The van der Waals surface area contributed by atoms with E-state index in [0.29, 0.717) is 20.7 Å². The maximum absolute atomic E-state index is 9.38. The molecule has 0 aliphatic rings. The van der Waals surface area contributed by atoms with Crippen molar-refractivity contribution in [3.8, 4) is 17.3 Å². The van der Waals surface area contributed by atoms with Crippen LogP contribution in [-0.4, -0.2) is 10.7 Å². The molecule has 0 fully saturated rings. The number of thiazole rings is 1. The fraction of sp³-hybridized carbons (Fsp3) is 0.0556. The van der Waals surface area contributed by atoms with Gasteiger partial charge in [-0.3, -0.25) is 5.43 Å². The number of anilines is 1. The maximum Gasteiger partial charge on any atom is 0.196 e. The summed E-state index contributed by atoms with van der Waals surface area (Å²) in [7, 11) is 0. The lowest BCUT2D eigenvalue weighted by molar-refractivity contribution is 1.31. The van der Waals surface area contributed by atoms with Gasteiger partial charge in [0.05, 0.1) is 11.4 Å². The molecule has 0 radical (unpaired) electrons. The van der Waals surface area contributed by atoms with Gasteiger partial charge in [0, 0.05) is 21.0 Å². The number of hydrogen-bond donors (Lipinski definition) is 1. The van der Waals surface area contributed by atoms with Gasteiger partial charge < -0.3 is 0 Å². The lowest BCUT2D eigenvalue weighted by atomic mass is 10.1. The average Bonchev–Trinajstić information content (AvgIpc) is 3.05. The van der Waals surface area contributed by atoms with Crippen LogP contribution in [0.25, 0.3) is 11.3 Å². The van der Waals surface area contributed by atoms with Gasteiger partial charge in [-0.15, -0.1) is 11.3 Å². The third kappa shape index (κ3) is 4.37. The first-order valence-corrected chi connectivity index (χ1v) is 8.91. The molecule has 124 valence electrons. The Morgan fingerprint density at radius 3 is 2.48 bits per heavy atom. The van der Waals surface area contributed by atoms with E-state index in [-0.39, 0.29) is 5.71 Å². The number of nitrogens with zero attached hydrogens (tertiary/aromatic N) is 3. The normalized spacial score (nSPS) is 11.2. The first-order chi connectivity index (χ1) is 12.0. The van der Waals surface area contributed by atoms with Crippen LogP contribution in [0.5, 0.6) is 0 Å². The van der Waals surface area contributed by atoms with Crippen LogP contribution in [0.3, 0.4) is 0 Å². The van der Waals surface area contributed by atoms with E-state index >= 15 is 0 Å². The topological polar surface area (TPSA) is 61.1 Å². The molecule has 0 saturated carbocycles. The second-order valence-corrected chi connectivity index (χ2v) is 6.98. The van der Waals surface area contributed by atoms with Crippen LogP contribution < -0.4 is 5.43 Å². The number of aryl methyl sites for hydroxylation is 1. The fourth-order valence-corrected chi connectivity index (χ4v) is 3.39. The number of aromatic nitrogens is 1. The Hall–Kier alpha value is -2.39. The van der Waals surface area contributed by atoms with Crippen molar-refractivity contribution in [3.05, 3.63) is 68.5 Å². The van der Waals surface area contributed by atoms with Crippen molar-refractivity contribution in [1.29, 1.82) is 5.26 Å². The van der Waals surface area contributed by atoms with Crippen LogP contribution in [-0.2, 0) is 0 Å². The van der Waals surface area contributed by atoms with E-state index < -0.39 is 0 Å². The summed E-state index contributed by atoms with van der Waals surface area (Å²) in [5.74, 6) is 0. The summed E-state index contributed by atoms with van der Waals surface area (Å²) >= 11 is 13.3. The number of hydrogen-bond acceptors (Lipinski definition) is 5. The van der Waals surface area contributed by atoms with Crippen LogP contribution >= 0.6 is 34.5 Å². The van der Waals surface area contributed by atoms with Crippen LogP contribution in [0.2, 0.25) is 10.0 Å². The van der Waals surface area contributed by atoms with Gasteiger partial charge in [0.25, 0.3) is 0 Å². The Bertz CT molecular complexity index is 951. The quantitative estimate of drug-likeness (QED) is 0.457. The summed E-state index contributed by atoms with van der Waals surface area (Å²) in [5, 5.41) is 16.9. The number of rotatable bonds is 4. The molecular formula is C18H12Cl2N4S. The van der Waals surface area contributed by atoms with Crippen molar-refractivity contribution in [3.63, 3.8) is 0 Å². The van der Waals surface area contributed by atoms with Gasteiger partial charge in [-0.1, -0.05) is 53.0 Å². The summed E-state index contributed by atoms with van der Waals surface area (Å²) in [5.41, 5.74) is 6.58. The van der Waals surface area contributed by atoms with Crippen LogP contribution in [0.1, 0.15) is 10.6 Å². The highest BCUT2D eigenvalue weighted by Crippen LogP contribution is 2.24. The summed E-state index contributed by atoms with van der Waals surface area (Å²) in [4.78, 5) is 4.50. The minimum Gasteiger partial charge on any atom is -0.277 e. The first kappa shape index (κ1) is 17.4. The van der Waals surface area contributed by atoms with Gasteiger partial charge in [0.1, 0.15) is 6.07 Å². The molecule has 0 amide bonds. The van der Waals surface area contributed by atoms with E-state index in [9.17, 15) is 5.26 Å². The Balaban J connectivity index is 1.84. The summed E-state index contributed by atoms with van der Waals surface area (Å²) < 4.78 is 0. The Kier molecular flexibility index (Phi) is 5.34. The first-order valence-electron chi connectivity index (χ1n) is 7.28. The number of nitrogens with one attached hydrogen (secondary N) is 1. The Labute approximate surface area is 159 Å². The molecule has 0 aliphatic carbocycles. The molecule has 0 spiro atoms. The Morgan fingerprint density at radius 2 is 1.84 bits per heavy atom. The number of halogens is 2. The monoisotopic (exact) mass is 386 g/mol. The zero-order chi connectivity index (χ0) is 17.8. The molecule has 0 atom stereocenters. The predicted octanol–water partition coefficient (Wildman–Crippen LogP) is 5.77. The molecule has 0 unspecified atom stereocenters. The molecule has 4 nitrogen and oxygen atoms in total. The standard InChI is InChI=1S/C18H12Cl2N4S/c1-11-2-4-12(5-3-11)17-10-25-18(22-17)16(9-21)24-23-15-7-13(19)6-14(20)8-15/h2-8,10,23H,1H3. The highest BCUT2D eigenvalue weighted by atomic mass is 35.5. The zero-order valence-electron chi connectivity index (χ0n) is 13.1. The van der Waals surface area contributed by atoms with E-state index in [0.717, 1.165) is 11.3 Å². The van der Waals surface area contributed by atoms with E-state index in [4.69, 9.17) is 23.2 Å². The van der Waals surface area contributed by atoms with Crippen molar-refractivity contribution in [2.45, 2.75) is 6.92 Å². The van der Waals surface area contributed by atoms with Crippen LogP contribution in [0.4, 0.5) is 5.69 Å². The van der Waals surface area contributed by atoms with E-state index in [1.807, 2.05) is 36.6 Å². The number of nitriles is 1. The predicted molar refractivity (Wildman–Crippen MR) is 105 cm³/mol. The van der Waals surface area contributed by atoms with Gasteiger partial charge in [-0.25, -0.2) is 4.98 Å². The van der Waals surface area contributed by atoms with Gasteiger partial charge in [0.15, 0.2) is 10.7 Å².